The number of carbonyl (C=O) groups is 3. The van der Waals surface area contributed by atoms with Crippen molar-refractivity contribution in [2.75, 3.05) is 25.0 Å². The Labute approximate surface area is 156 Å². The molecule has 0 spiro atoms. The van der Waals surface area contributed by atoms with Crippen LogP contribution in [0, 0.1) is 16.0 Å². The highest BCUT2D eigenvalue weighted by molar-refractivity contribution is 5.89. The largest absolute Gasteiger partial charge is 0.480 e. The van der Waals surface area contributed by atoms with Crippen LogP contribution in [-0.4, -0.2) is 54.0 Å². The van der Waals surface area contributed by atoms with E-state index >= 15 is 0 Å². The summed E-state index contributed by atoms with van der Waals surface area (Å²) < 4.78 is 0. The molecule has 0 aliphatic heterocycles. The topological polar surface area (TPSA) is 142 Å². The van der Waals surface area contributed by atoms with Crippen LogP contribution >= 0.6 is 0 Å². The fourth-order valence-corrected chi connectivity index (χ4v) is 2.41. The zero-order chi connectivity index (χ0) is 20.6. The maximum Gasteiger partial charge on any atom is 0.326 e. The van der Waals surface area contributed by atoms with E-state index in [0.717, 1.165) is 0 Å². The molecule has 0 radical (unpaired) electrons. The summed E-state index contributed by atoms with van der Waals surface area (Å²) in [5, 5.41) is 24.9. The van der Waals surface area contributed by atoms with Crippen molar-refractivity contribution in [1.29, 1.82) is 0 Å². The van der Waals surface area contributed by atoms with Gasteiger partial charge in [-0.3, -0.25) is 19.7 Å². The molecule has 0 aliphatic carbocycles. The van der Waals surface area contributed by atoms with Gasteiger partial charge in [0.15, 0.2) is 0 Å². The van der Waals surface area contributed by atoms with Gasteiger partial charge < -0.3 is 20.6 Å². The molecule has 1 aromatic rings. The van der Waals surface area contributed by atoms with Crippen molar-refractivity contribution in [2.24, 2.45) is 5.92 Å². The van der Waals surface area contributed by atoms with E-state index in [2.05, 4.69) is 10.6 Å². The average molecular weight is 380 g/mol. The third kappa shape index (κ3) is 7.30. The molecule has 0 saturated carbocycles. The van der Waals surface area contributed by atoms with Gasteiger partial charge in [-0.25, -0.2) is 4.79 Å². The Morgan fingerprint density at radius 1 is 1.22 bits per heavy atom. The monoisotopic (exact) mass is 380 g/mol. The lowest BCUT2D eigenvalue weighted by atomic mass is 10.0. The molecule has 10 nitrogen and oxygen atoms in total. The first-order valence-electron chi connectivity index (χ1n) is 8.35. The van der Waals surface area contributed by atoms with Gasteiger partial charge in [0.1, 0.15) is 11.7 Å². The average Bonchev–Trinajstić information content (AvgIpc) is 2.58. The first-order valence-corrected chi connectivity index (χ1v) is 8.35. The molecule has 3 N–H and O–H groups in total. The van der Waals surface area contributed by atoms with Crippen molar-refractivity contribution in [2.45, 2.75) is 26.3 Å². The third-order valence-corrected chi connectivity index (χ3v) is 3.66. The number of anilines is 1. The van der Waals surface area contributed by atoms with Gasteiger partial charge >= 0.3 is 5.97 Å². The Morgan fingerprint density at radius 2 is 1.85 bits per heavy atom. The van der Waals surface area contributed by atoms with Gasteiger partial charge in [-0.15, -0.1) is 0 Å². The molecule has 1 atom stereocenters. The van der Waals surface area contributed by atoms with Crippen LogP contribution in [0.3, 0.4) is 0 Å². The molecule has 0 bridgehead atoms. The van der Waals surface area contributed by atoms with Gasteiger partial charge in [0.25, 0.3) is 5.69 Å². The Bertz CT molecular complexity index is 706. The number of para-hydroxylation sites is 2. The molecule has 0 heterocycles. The Hall–Kier alpha value is -3.17. The van der Waals surface area contributed by atoms with Crippen LogP contribution in [0.5, 0.6) is 0 Å². The summed E-state index contributed by atoms with van der Waals surface area (Å²) in [7, 11) is 1.52. The summed E-state index contributed by atoms with van der Waals surface area (Å²) in [6, 6.07) is 4.96. The van der Waals surface area contributed by atoms with Crippen molar-refractivity contribution >= 4 is 29.2 Å². The van der Waals surface area contributed by atoms with Gasteiger partial charge in [0.05, 0.1) is 18.0 Å². The van der Waals surface area contributed by atoms with Gasteiger partial charge in [0, 0.05) is 13.1 Å². The SMILES string of the molecule is CC(C)C[C@H](NC(=O)CNC(=O)CN(C)c1ccccc1[N+](=O)[O-])C(=O)O. The van der Waals surface area contributed by atoms with Crippen molar-refractivity contribution in [1.82, 2.24) is 10.6 Å². The van der Waals surface area contributed by atoms with Crippen molar-refractivity contribution in [3.8, 4) is 0 Å². The van der Waals surface area contributed by atoms with Crippen LogP contribution in [0.25, 0.3) is 0 Å². The molecule has 0 aliphatic rings. The van der Waals surface area contributed by atoms with E-state index in [1.807, 2.05) is 13.8 Å². The number of rotatable bonds is 10. The maximum atomic E-state index is 12.0. The Kier molecular flexibility index (Phi) is 8.18. The molecule has 10 heteroatoms. The predicted octanol–water partition coefficient (Wildman–Crippen LogP) is 0.763. The van der Waals surface area contributed by atoms with E-state index in [-0.39, 0.29) is 36.8 Å². The minimum absolute atomic E-state index is 0.0799. The van der Waals surface area contributed by atoms with Crippen LogP contribution in [0.4, 0.5) is 11.4 Å². The number of carbonyl (C=O) groups excluding carboxylic acids is 2. The van der Waals surface area contributed by atoms with Crippen molar-refractivity contribution in [3.05, 3.63) is 34.4 Å². The van der Waals surface area contributed by atoms with E-state index < -0.39 is 28.7 Å². The predicted molar refractivity (Wildman–Crippen MR) is 98.4 cm³/mol. The fraction of sp³-hybridized carbons (Fsp3) is 0.471. The number of nitro benzene ring substituents is 1. The lowest BCUT2D eigenvalue weighted by Gasteiger charge is -2.19. The zero-order valence-corrected chi connectivity index (χ0v) is 15.5. The molecule has 0 fully saturated rings. The number of hydrogen-bond donors (Lipinski definition) is 3. The number of carboxylic acids is 1. The highest BCUT2D eigenvalue weighted by atomic mass is 16.6. The second kappa shape index (κ2) is 10.1. The van der Waals surface area contributed by atoms with E-state index in [1.54, 1.807) is 6.07 Å². The molecule has 0 saturated heterocycles. The van der Waals surface area contributed by atoms with Crippen LogP contribution in [-0.2, 0) is 14.4 Å². The number of nitro groups is 1. The first kappa shape index (κ1) is 21.9. The molecule has 0 aromatic heterocycles. The standard InChI is InChI=1S/C17H24N4O6/c1-11(2)8-12(17(24)25)19-15(22)9-18-16(23)10-20(3)13-6-4-5-7-14(13)21(26)27/h4-7,11-12H,8-10H2,1-3H3,(H,18,23)(H,19,22)(H,24,25)/t12-/m0/s1. The number of carboxylic acid groups (broad SMARTS) is 1. The first-order chi connectivity index (χ1) is 12.6. The number of nitrogens with one attached hydrogen (secondary N) is 2. The quantitative estimate of drug-likeness (QED) is 0.402. The number of aliphatic carboxylic acids is 1. The lowest BCUT2D eigenvalue weighted by molar-refractivity contribution is -0.384. The van der Waals surface area contributed by atoms with Crippen molar-refractivity contribution in [3.63, 3.8) is 0 Å². The second-order valence-electron chi connectivity index (χ2n) is 6.47. The van der Waals surface area contributed by atoms with E-state index in [0.29, 0.717) is 0 Å². The van der Waals surface area contributed by atoms with Crippen molar-refractivity contribution < 1.29 is 24.4 Å². The molecule has 1 rings (SSSR count). The molecule has 27 heavy (non-hydrogen) atoms. The number of likely N-dealkylation sites (N-methyl/N-ethyl adjacent to an activating group) is 1. The minimum atomic E-state index is -1.14. The Balaban J connectivity index is 2.56. The summed E-state index contributed by atoms with van der Waals surface area (Å²) in [6.45, 7) is 3.09. The molecule has 0 unspecified atom stereocenters. The summed E-state index contributed by atoms with van der Waals surface area (Å²) in [4.78, 5) is 46.9. The highest BCUT2D eigenvalue weighted by Crippen LogP contribution is 2.26. The molecule has 2 amide bonds. The molecular weight excluding hydrogens is 356 g/mol. The van der Waals surface area contributed by atoms with Crippen LogP contribution in [0.1, 0.15) is 20.3 Å². The molecule has 148 valence electrons. The summed E-state index contributed by atoms with van der Waals surface area (Å²) in [6.07, 6.45) is 0.273. The normalized spacial score (nSPS) is 11.6. The van der Waals surface area contributed by atoms with Gasteiger partial charge in [-0.2, -0.15) is 0 Å². The van der Waals surface area contributed by atoms with Gasteiger partial charge in [-0.05, 0) is 18.4 Å². The number of nitrogens with zero attached hydrogens (tertiary/aromatic N) is 2. The lowest BCUT2D eigenvalue weighted by Crippen LogP contribution is -2.47. The third-order valence-electron chi connectivity index (χ3n) is 3.66. The zero-order valence-electron chi connectivity index (χ0n) is 15.5. The summed E-state index contributed by atoms with van der Waals surface area (Å²) >= 11 is 0. The smallest absolute Gasteiger partial charge is 0.326 e. The van der Waals surface area contributed by atoms with E-state index in [9.17, 15) is 24.5 Å². The van der Waals surface area contributed by atoms with E-state index in [4.69, 9.17) is 5.11 Å². The van der Waals surface area contributed by atoms with Gasteiger partial charge in [-0.1, -0.05) is 26.0 Å². The second-order valence-corrected chi connectivity index (χ2v) is 6.47. The summed E-state index contributed by atoms with van der Waals surface area (Å²) in [5.74, 6) is -2.21. The van der Waals surface area contributed by atoms with Crippen LogP contribution in [0.2, 0.25) is 0 Å². The number of amides is 2. The highest BCUT2D eigenvalue weighted by Gasteiger charge is 2.22. The van der Waals surface area contributed by atoms with Gasteiger partial charge in [0.2, 0.25) is 11.8 Å². The maximum absolute atomic E-state index is 12.0. The summed E-state index contributed by atoms with van der Waals surface area (Å²) in [5.41, 5.74) is 0.133. The van der Waals surface area contributed by atoms with Crippen LogP contribution in [0.15, 0.2) is 24.3 Å². The molecular formula is C17H24N4O6. The molecule has 1 aromatic carbocycles. The fourth-order valence-electron chi connectivity index (χ4n) is 2.41. The minimum Gasteiger partial charge on any atom is -0.480 e. The number of hydrogen-bond acceptors (Lipinski definition) is 6. The van der Waals surface area contributed by atoms with Crippen LogP contribution < -0.4 is 15.5 Å². The number of benzene rings is 1. The Morgan fingerprint density at radius 3 is 2.41 bits per heavy atom. The van der Waals surface area contributed by atoms with E-state index in [1.165, 1.54) is 30.1 Å².